The summed E-state index contributed by atoms with van der Waals surface area (Å²) in [5, 5.41) is 3.26. The summed E-state index contributed by atoms with van der Waals surface area (Å²) in [6, 6.07) is 6.19. The van der Waals surface area contributed by atoms with Crippen LogP contribution in [0.4, 0.5) is 0 Å². The molecule has 21 heavy (non-hydrogen) atoms. The standard InChI is InChI=1S/C16H24N2O3/c1-4-17-10-12-5-8-14(20-3)15(9-12)21-11-16(19)18(2)13-6-7-13/h5,8-9,13,17H,4,6-7,10-11H2,1-3H3. The summed E-state index contributed by atoms with van der Waals surface area (Å²) < 4.78 is 11.0. The van der Waals surface area contributed by atoms with Crippen molar-refractivity contribution in [2.45, 2.75) is 32.4 Å². The van der Waals surface area contributed by atoms with E-state index in [-0.39, 0.29) is 12.5 Å². The summed E-state index contributed by atoms with van der Waals surface area (Å²) in [7, 11) is 3.44. The van der Waals surface area contributed by atoms with Gasteiger partial charge in [0.2, 0.25) is 0 Å². The van der Waals surface area contributed by atoms with E-state index < -0.39 is 0 Å². The van der Waals surface area contributed by atoms with Gasteiger partial charge in [0, 0.05) is 19.6 Å². The SMILES string of the molecule is CCNCc1ccc(OC)c(OCC(=O)N(C)C2CC2)c1. The Kier molecular flexibility index (Phi) is 5.44. The molecule has 1 aliphatic carbocycles. The zero-order valence-corrected chi connectivity index (χ0v) is 13.0. The van der Waals surface area contributed by atoms with Crippen molar-refractivity contribution in [1.29, 1.82) is 0 Å². The number of benzene rings is 1. The molecule has 1 aromatic carbocycles. The number of methoxy groups -OCH3 is 1. The number of likely N-dealkylation sites (N-methyl/N-ethyl adjacent to an activating group) is 1. The van der Waals surface area contributed by atoms with Crippen LogP contribution in [0, 0.1) is 0 Å². The molecule has 0 heterocycles. The fourth-order valence-electron chi connectivity index (χ4n) is 2.12. The molecule has 0 saturated heterocycles. The Balaban J connectivity index is 1.97. The predicted molar refractivity (Wildman–Crippen MR) is 81.7 cm³/mol. The largest absolute Gasteiger partial charge is 0.493 e. The maximum atomic E-state index is 12.0. The molecule has 1 fully saturated rings. The van der Waals surface area contributed by atoms with E-state index in [1.165, 1.54) is 0 Å². The third-order valence-corrected chi connectivity index (χ3v) is 3.65. The molecular formula is C16H24N2O3. The zero-order valence-electron chi connectivity index (χ0n) is 13.0. The molecular weight excluding hydrogens is 268 g/mol. The van der Waals surface area contributed by atoms with Crippen LogP contribution in [0.15, 0.2) is 18.2 Å². The number of rotatable bonds is 8. The van der Waals surface area contributed by atoms with Crippen molar-refractivity contribution in [2.24, 2.45) is 0 Å². The zero-order chi connectivity index (χ0) is 15.2. The lowest BCUT2D eigenvalue weighted by Gasteiger charge is -2.17. The minimum absolute atomic E-state index is 0.0108. The van der Waals surface area contributed by atoms with E-state index in [9.17, 15) is 4.79 Å². The third kappa shape index (κ3) is 4.36. The molecule has 1 N–H and O–H groups in total. The molecule has 0 unspecified atom stereocenters. The summed E-state index contributed by atoms with van der Waals surface area (Å²) in [5.41, 5.74) is 1.11. The Morgan fingerprint density at radius 1 is 1.38 bits per heavy atom. The highest BCUT2D eigenvalue weighted by Crippen LogP contribution is 2.29. The van der Waals surface area contributed by atoms with Gasteiger partial charge in [0.05, 0.1) is 7.11 Å². The topological polar surface area (TPSA) is 50.8 Å². The van der Waals surface area contributed by atoms with Gasteiger partial charge in [-0.15, -0.1) is 0 Å². The van der Waals surface area contributed by atoms with Crippen LogP contribution < -0.4 is 14.8 Å². The van der Waals surface area contributed by atoms with Gasteiger partial charge < -0.3 is 19.7 Å². The lowest BCUT2D eigenvalue weighted by Crippen LogP contribution is -2.33. The molecule has 5 heteroatoms. The van der Waals surface area contributed by atoms with Crippen LogP contribution in [0.3, 0.4) is 0 Å². The highest BCUT2D eigenvalue weighted by molar-refractivity contribution is 5.78. The number of nitrogens with zero attached hydrogens (tertiary/aromatic N) is 1. The number of carbonyl (C=O) groups is 1. The maximum absolute atomic E-state index is 12.0. The average Bonchev–Trinajstić information content (AvgIpc) is 3.34. The van der Waals surface area contributed by atoms with Gasteiger partial charge in [-0.1, -0.05) is 13.0 Å². The van der Waals surface area contributed by atoms with Gasteiger partial charge in [0.1, 0.15) is 0 Å². The van der Waals surface area contributed by atoms with Crippen LogP contribution in [-0.2, 0) is 11.3 Å². The van der Waals surface area contributed by atoms with Gasteiger partial charge in [-0.2, -0.15) is 0 Å². The van der Waals surface area contributed by atoms with Crippen molar-refractivity contribution in [3.05, 3.63) is 23.8 Å². The number of carbonyl (C=O) groups excluding carboxylic acids is 1. The molecule has 1 aliphatic rings. The summed E-state index contributed by atoms with van der Waals surface area (Å²) in [6.07, 6.45) is 2.20. The van der Waals surface area contributed by atoms with E-state index in [1.807, 2.05) is 25.2 Å². The first kappa shape index (κ1) is 15.6. The van der Waals surface area contributed by atoms with Gasteiger partial charge in [-0.25, -0.2) is 0 Å². The Labute approximate surface area is 126 Å². The molecule has 0 aliphatic heterocycles. The van der Waals surface area contributed by atoms with Crippen molar-refractivity contribution in [2.75, 3.05) is 27.3 Å². The lowest BCUT2D eigenvalue weighted by atomic mass is 10.2. The van der Waals surface area contributed by atoms with Crippen LogP contribution in [0.1, 0.15) is 25.3 Å². The molecule has 1 saturated carbocycles. The minimum atomic E-state index is 0.0108. The van der Waals surface area contributed by atoms with Crippen LogP contribution in [0.2, 0.25) is 0 Å². The molecule has 0 aromatic heterocycles. The van der Waals surface area contributed by atoms with E-state index in [2.05, 4.69) is 12.2 Å². The Morgan fingerprint density at radius 2 is 2.14 bits per heavy atom. The van der Waals surface area contributed by atoms with Crippen LogP contribution in [-0.4, -0.2) is 44.2 Å². The molecule has 1 amide bonds. The molecule has 0 atom stereocenters. The van der Waals surface area contributed by atoms with Crippen molar-refractivity contribution < 1.29 is 14.3 Å². The number of nitrogens with one attached hydrogen (secondary N) is 1. The van der Waals surface area contributed by atoms with Gasteiger partial charge in [0.15, 0.2) is 18.1 Å². The molecule has 5 nitrogen and oxygen atoms in total. The fourth-order valence-corrected chi connectivity index (χ4v) is 2.12. The maximum Gasteiger partial charge on any atom is 0.260 e. The second-order valence-electron chi connectivity index (χ2n) is 5.29. The molecule has 1 aromatic rings. The molecule has 0 radical (unpaired) electrons. The van der Waals surface area contributed by atoms with Crippen LogP contribution in [0.25, 0.3) is 0 Å². The Bertz CT molecular complexity index is 486. The predicted octanol–water partition coefficient (Wildman–Crippen LogP) is 1.80. The molecule has 0 bridgehead atoms. The monoisotopic (exact) mass is 292 g/mol. The third-order valence-electron chi connectivity index (χ3n) is 3.65. The van der Waals surface area contributed by atoms with Crippen molar-refractivity contribution in [3.8, 4) is 11.5 Å². The summed E-state index contributed by atoms with van der Waals surface area (Å²) in [4.78, 5) is 13.8. The normalized spacial score (nSPS) is 13.9. The Hall–Kier alpha value is -1.75. The van der Waals surface area contributed by atoms with Crippen LogP contribution in [0.5, 0.6) is 11.5 Å². The number of ether oxygens (including phenoxy) is 2. The molecule has 0 spiro atoms. The van der Waals surface area contributed by atoms with Crippen molar-refractivity contribution in [3.63, 3.8) is 0 Å². The van der Waals surface area contributed by atoms with E-state index in [4.69, 9.17) is 9.47 Å². The van der Waals surface area contributed by atoms with E-state index in [0.717, 1.165) is 31.5 Å². The lowest BCUT2D eigenvalue weighted by molar-refractivity contribution is -0.132. The summed E-state index contributed by atoms with van der Waals surface area (Å²) >= 11 is 0. The summed E-state index contributed by atoms with van der Waals surface area (Å²) in [6.45, 7) is 3.79. The van der Waals surface area contributed by atoms with Gasteiger partial charge in [0.25, 0.3) is 5.91 Å². The average molecular weight is 292 g/mol. The second kappa shape index (κ2) is 7.31. The number of hydrogen-bond acceptors (Lipinski definition) is 4. The second-order valence-corrected chi connectivity index (χ2v) is 5.29. The van der Waals surface area contributed by atoms with Gasteiger partial charge in [-0.05, 0) is 37.1 Å². The van der Waals surface area contributed by atoms with Gasteiger partial charge >= 0.3 is 0 Å². The minimum Gasteiger partial charge on any atom is -0.493 e. The number of amides is 1. The van der Waals surface area contributed by atoms with Crippen molar-refractivity contribution >= 4 is 5.91 Å². The quantitative estimate of drug-likeness (QED) is 0.794. The molecule has 2 rings (SSSR count). The first-order chi connectivity index (χ1) is 10.2. The summed E-state index contributed by atoms with van der Waals surface area (Å²) in [5.74, 6) is 1.28. The van der Waals surface area contributed by atoms with E-state index in [1.54, 1.807) is 12.0 Å². The van der Waals surface area contributed by atoms with E-state index in [0.29, 0.717) is 17.5 Å². The smallest absolute Gasteiger partial charge is 0.260 e. The fraction of sp³-hybridized carbons (Fsp3) is 0.562. The van der Waals surface area contributed by atoms with Crippen LogP contribution >= 0.6 is 0 Å². The van der Waals surface area contributed by atoms with Gasteiger partial charge in [-0.3, -0.25) is 4.79 Å². The molecule has 116 valence electrons. The first-order valence-corrected chi connectivity index (χ1v) is 7.41. The first-order valence-electron chi connectivity index (χ1n) is 7.41. The highest BCUT2D eigenvalue weighted by Gasteiger charge is 2.29. The van der Waals surface area contributed by atoms with E-state index >= 15 is 0 Å². The Morgan fingerprint density at radius 3 is 2.76 bits per heavy atom. The van der Waals surface area contributed by atoms with Crippen molar-refractivity contribution in [1.82, 2.24) is 10.2 Å². The highest BCUT2D eigenvalue weighted by atomic mass is 16.5. The number of hydrogen-bond donors (Lipinski definition) is 1.